The van der Waals surface area contributed by atoms with Crippen LogP contribution in [0, 0.1) is 17.3 Å². The highest BCUT2D eigenvalue weighted by atomic mass is 16.5. The number of hydrogen-bond acceptors (Lipinski definition) is 2. The molecule has 0 atom stereocenters. The van der Waals surface area contributed by atoms with Crippen LogP contribution in [0.25, 0.3) is 0 Å². The van der Waals surface area contributed by atoms with Gasteiger partial charge in [0, 0.05) is 0 Å². The summed E-state index contributed by atoms with van der Waals surface area (Å²) in [4.78, 5) is 11.7. The van der Waals surface area contributed by atoms with Crippen LogP contribution >= 0.6 is 0 Å². The Bertz CT molecular complexity index is 163. The van der Waals surface area contributed by atoms with Gasteiger partial charge in [-0.3, -0.25) is 4.79 Å². The second-order valence-electron chi connectivity index (χ2n) is 4.31. The molecule has 0 spiro atoms. The van der Waals surface area contributed by atoms with E-state index in [0.717, 1.165) is 0 Å². The zero-order valence-electron chi connectivity index (χ0n) is 9.68. The van der Waals surface area contributed by atoms with Crippen molar-refractivity contribution in [2.45, 2.75) is 41.5 Å². The van der Waals surface area contributed by atoms with E-state index >= 15 is 0 Å². The highest BCUT2D eigenvalue weighted by molar-refractivity contribution is 5.77. The van der Waals surface area contributed by atoms with Crippen molar-refractivity contribution in [1.82, 2.24) is 0 Å². The van der Waals surface area contributed by atoms with Crippen molar-refractivity contribution >= 4 is 5.97 Å². The van der Waals surface area contributed by atoms with Gasteiger partial charge < -0.3 is 4.74 Å². The van der Waals surface area contributed by atoms with Crippen molar-refractivity contribution in [3.8, 4) is 0 Å². The van der Waals surface area contributed by atoms with Crippen LogP contribution in [-0.2, 0) is 9.53 Å². The highest BCUT2D eigenvalue weighted by Gasteiger charge is 2.40. The number of carbonyl (C=O) groups excluding carboxylic acids is 1. The summed E-state index contributed by atoms with van der Waals surface area (Å²) in [6.07, 6.45) is 0. The lowest BCUT2D eigenvalue weighted by Crippen LogP contribution is -2.39. The molecule has 0 saturated heterocycles. The van der Waals surface area contributed by atoms with Crippen LogP contribution < -0.4 is 0 Å². The van der Waals surface area contributed by atoms with Gasteiger partial charge in [-0.15, -0.1) is 0 Å². The molecule has 0 aromatic carbocycles. The summed E-state index contributed by atoms with van der Waals surface area (Å²) >= 11 is 0. The highest BCUT2D eigenvalue weighted by Crippen LogP contribution is 2.36. The number of hydrogen-bond donors (Lipinski definition) is 0. The van der Waals surface area contributed by atoms with Gasteiger partial charge in [0.15, 0.2) is 0 Å². The summed E-state index contributed by atoms with van der Waals surface area (Å²) in [7, 11) is 0. The number of ether oxygens (including phenoxy) is 1. The average Bonchev–Trinajstić information content (AvgIpc) is 2.02. The van der Waals surface area contributed by atoms with Crippen molar-refractivity contribution in [2.75, 3.05) is 6.61 Å². The normalized spacial score (nSPS) is 12.3. The summed E-state index contributed by atoms with van der Waals surface area (Å²) in [6, 6.07) is 0. The molecule has 0 N–H and O–H groups in total. The van der Waals surface area contributed by atoms with E-state index in [1.165, 1.54) is 0 Å². The zero-order valence-corrected chi connectivity index (χ0v) is 9.68. The first-order valence-electron chi connectivity index (χ1n) is 5.04. The summed E-state index contributed by atoms with van der Waals surface area (Å²) in [5.74, 6) is 0.554. The Balaban J connectivity index is 4.69. The van der Waals surface area contributed by atoms with Gasteiger partial charge in [-0.2, -0.15) is 0 Å². The molecule has 0 rings (SSSR count). The summed E-state index contributed by atoms with van der Waals surface area (Å²) < 4.78 is 5.09. The molecule has 13 heavy (non-hydrogen) atoms. The molecule has 0 bridgehead atoms. The van der Waals surface area contributed by atoms with Gasteiger partial charge in [0.05, 0.1) is 12.0 Å². The molecule has 0 aliphatic heterocycles. The fourth-order valence-corrected chi connectivity index (χ4v) is 1.42. The smallest absolute Gasteiger partial charge is 0.312 e. The van der Waals surface area contributed by atoms with E-state index in [2.05, 4.69) is 27.7 Å². The van der Waals surface area contributed by atoms with Crippen LogP contribution in [0.2, 0.25) is 0 Å². The fraction of sp³-hybridized carbons (Fsp3) is 0.909. The third kappa shape index (κ3) is 2.45. The van der Waals surface area contributed by atoms with Crippen molar-refractivity contribution in [1.29, 1.82) is 0 Å². The van der Waals surface area contributed by atoms with Crippen molar-refractivity contribution in [3.05, 3.63) is 0 Å². The summed E-state index contributed by atoms with van der Waals surface area (Å²) in [5, 5.41) is 0. The minimum absolute atomic E-state index is 0.0694. The molecule has 0 unspecified atom stereocenters. The van der Waals surface area contributed by atoms with E-state index in [4.69, 9.17) is 4.74 Å². The average molecular weight is 186 g/mol. The van der Waals surface area contributed by atoms with Crippen molar-refractivity contribution in [3.63, 3.8) is 0 Å². The van der Waals surface area contributed by atoms with Crippen LogP contribution in [0.4, 0.5) is 0 Å². The SMILES string of the molecule is CCOC(=O)C(C)(C(C)C)C(C)C. The predicted octanol–water partition coefficient (Wildman–Crippen LogP) is 2.87. The Morgan fingerprint density at radius 3 is 1.85 bits per heavy atom. The molecule has 0 saturated carbocycles. The zero-order chi connectivity index (χ0) is 10.6. The lowest BCUT2D eigenvalue weighted by atomic mass is 9.70. The Morgan fingerprint density at radius 1 is 1.23 bits per heavy atom. The van der Waals surface area contributed by atoms with Crippen LogP contribution in [0.3, 0.4) is 0 Å². The van der Waals surface area contributed by atoms with Crippen LogP contribution in [0.15, 0.2) is 0 Å². The van der Waals surface area contributed by atoms with E-state index in [-0.39, 0.29) is 11.4 Å². The lowest BCUT2D eigenvalue weighted by Gasteiger charge is -2.34. The van der Waals surface area contributed by atoms with Crippen molar-refractivity contribution < 1.29 is 9.53 Å². The Kier molecular flexibility index (Phi) is 4.45. The molecule has 2 heteroatoms. The second kappa shape index (κ2) is 4.64. The predicted molar refractivity (Wildman–Crippen MR) is 54.4 cm³/mol. The molecule has 0 aromatic rings. The third-order valence-corrected chi connectivity index (χ3v) is 3.11. The lowest BCUT2D eigenvalue weighted by molar-refractivity contribution is -0.160. The quantitative estimate of drug-likeness (QED) is 0.631. The second-order valence-corrected chi connectivity index (χ2v) is 4.31. The molecular weight excluding hydrogens is 164 g/mol. The first-order chi connectivity index (χ1) is 5.87. The summed E-state index contributed by atoms with van der Waals surface area (Å²) in [5.41, 5.74) is -0.351. The molecule has 0 aliphatic rings. The molecule has 0 aromatic heterocycles. The van der Waals surface area contributed by atoms with Crippen LogP contribution in [-0.4, -0.2) is 12.6 Å². The minimum atomic E-state index is -0.351. The van der Waals surface area contributed by atoms with Gasteiger partial charge in [-0.25, -0.2) is 0 Å². The molecule has 0 fully saturated rings. The van der Waals surface area contributed by atoms with Gasteiger partial charge in [0.2, 0.25) is 0 Å². The first-order valence-corrected chi connectivity index (χ1v) is 5.04. The molecule has 78 valence electrons. The minimum Gasteiger partial charge on any atom is -0.466 e. The van der Waals surface area contributed by atoms with Gasteiger partial charge in [-0.05, 0) is 25.7 Å². The monoisotopic (exact) mass is 186 g/mol. The molecule has 0 heterocycles. The van der Waals surface area contributed by atoms with Gasteiger partial charge in [0.1, 0.15) is 0 Å². The number of esters is 1. The first kappa shape index (κ1) is 12.5. The topological polar surface area (TPSA) is 26.3 Å². The number of rotatable bonds is 4. The largest absolute Gasteiger partial charge is 0.466 e. The van der Waals surface area contributed by atoms with E-state index in [1.807, 2.05) is 13.8 Å². The Hall–Kier alpha value is -0.530. The molecule has 2 nitrogen and oxygen atoms in total. The molecule has 0 aliphatic carbocycles. The van der Waals surface area contributed by atoms with Gasteiger partial charge in [0.25, 0.3) is 0 Å². The van der Waals surface area contributed by atoms with Crippen molar-refractivity contribution in [2.24, 2.45) is 17.3 Å². The van der Waals surface area contributed by atoms with E-state index < -0.39 is 0 Å². The fourth-order valence-electron chi connectivity index (χ4n) is 1.42. The Morgan fingerprint density at radius 2 is 1.62 bits per heavy atom. The number of carbonyl (C=O) groups is 1. The molecule has 0 amide bonds. The van der Waals surface area contributed by atoms with Crippen LogP contribution in [0.5, 0.6) is 0 Å². The standard InChI is InChI=1S/C11H22O2/c1-7-13-10(12)11(6,8(2)3)9(4)5/h8-9H,7H2,1-6H3. The van der Waals surface area contributed by atoms with Crippen LogP contribution in [0.1, 0.15) is 41.5 Å². The van der Waals surface area contributed by atoms with E-state index in [9.17, 15) is 4.79 Å². The summed E-state index contributed by atoms with van der Waals surface area (Å²) in [6.45, 7) is 12.6. The maximum absolute atomic E-state index is 11.7. The third-order valence-electron chi connectivity index (χ3n) is 3.11. The van der Waals surface area contributed by atoms with Gasteiger partial charge in [-0.1, -0.05) is 27.7 Å². The van der Waals surface area contributed by atoms with Gasteiger partial charge >= 0.3 is 5.97 Å². The molecular formula is C11H22O2. The maximum atomic E-state index is 11.7. The molecule has 0 radical (unpaired) electrons. The Labute approximate surface area is 81.7 Å². The maximum Gasteiger partial charge on any atom is 0.312 e. The van der Waals surface area contributed by atoms with E-state index in [0.29, 0.717) is 18.4 Å². The van der Waals surface area contributed by atoms with E-state index in [1.54, 1.807) is 0 Å².